The first kappa shape index (κ1) is 67.9. The Bertz CT molecular complexity index is 3590. The van der Waals surface area contributed by atoms with Gasteiger partial charge < -0.3 is 67.8 Å². The Hall–Kier alpha value is -8.01. The Balaban J connectivity index is 0.000000226. The molecule has 25 heteroatoms. The number of benzene rings is 3. The maximum absolute atomic E-state index is 13.9. The lowest BCUT2D eigenvalue weighted by atomic mass is 9.97. The minimum Gasteiger partial charge on any atom is -0.480 e. The molecule has 3 aromatic carbocycles. The Kier molecular flexibility index (Phi) is 22.5. The maximum Gasteiger partial charge on any atom is 0.416 e. The van der Waals surface area contributed by atoms with Crippen molar-refractivity contribution in [2.24, 2.45) is 7.05 Å². The summed E-state index contributed by atoms with van der Waals surface area (Å²) in [7, 11) is 3.06. The van der Waals surface area contributed by atoms with Crippen LogP contribution in [0.25, 0.3) is 10.1 Å². The number of methoxy groups -OCH3 is 1. The lowest BCUT2D eigenvalue weighted by Gasteiger charge is -2.44. The third-order valence-electron chi connectivity index (χ3n) is 17.6. The number of carbonyl (C=O) groups is 7. The zero-order chi connectivity index (χ0) is 66.0. The first-order chi connectivity index (χ1) is 44.8. The SMILES string of the molecule is C=CCOC(=O)N1c2cc(C)c(C)cc2C(=O)N2CC[C@@H](OCC(=O)O)C[C@H]2C1OC1CCCCO1.C=CCOC(=O)N1c2cc(C)c(C)cc2CN2CC[C@@H](OCC(=O)Nc3cc(C(=O)Nc4ccc5sc(C(=O)OC)cc5c4)n(C)c3)C[C@H]2C1OC1CCCCO1. The summed E-state index contributed by atoms with van der Waals surface area (Å²) in [6.07, 6.45) is 7.16. The average Bonchev–Trinajstić information content (AvgIpc) is 1.65. The summed E-state index contributed by atoms with van der Waals surface area (Å²) >= 11 is 1.32. The van der Waals surface area contributed by atoms with Gasteiger partial charge in [-0.25, -0.2) is 29.0 Å². The van der Waals surface area contributed by atoms with Crippen molar-refractivity contribution in [1.29, 1.82) is 0 Å². The molecule has 6 aliphatic rings. The quantitative estimate of drug-likeness (QED) is 0.0418. The fraction of sp³-hybridized carbons (Fsp3) is 0.485. The van der Waals surface area contributed by atoms with Crippen LogP contribution in [0.1, 0.15) is 123 Å². The molecular formula is C68H83N7O17S. The van der Waals surface area contributed by atoms with Crippen molar-refractivity contribution in [3.8, 4) is 0 Å². The minimum atomic E-state index is -1.06. The smallest absolute Gasteiger partial charge is 0.416 e. The molecule has 6 aliphatic heterocycles. The van der Waals surface area contributed by atoms with E-state index >= 15 is 0 Å². The van der Waals surface area contributed by atoms with Crippen LogP contribution < -0.4 is 20.4 Å². The van der Waals surface area contributed by atoms with Crippen LogP contribution in [0.15, 0.2) is 86.1 Å². The average molecular weight is 1300 g/mol. The molecular weight excluding hydrogens is 1220 g/mol. The fourth-order valence-corrected chi connectivity index (χ4v) is 13.6. The van der Waals surface area contributed by atoms with Crippen LogP contribution in [0.2, 0.25) is 0 Å². The Labute approximate surface area is 544 Å². The summed E-state index contributed by atoms with van der Waals surface area (Å²) in [6, 6.07) is 15.6. The number of piperidine rings is 2. The van der Waals surface area contributed by atoms with Crippen molar-refractivity contribution in [3.63, 3.8) is 0 Å². The number of anilines is 4. The molecule has 8 heterocycles. The van der Waals surface area contributed by atoms with E-state index in [0.29, 0.717) is 105 Å². The van der Waals surface area contributed by atoms with E-state index in [0.717, 1.165) is 69.3 Å². The fourth-order valence-electron chi connectivity index (χ4n) is 12.7. The summed E-state index contributed by atoms with van der Waals surface area (Å²) in [6.45, 7) is 17.4. The maximum atomic E-state index is 13.9. The number of aliphatic carboxylic acids is 1. The summed E-state index contributed by atoms with van der Waals surface area (Å²) in [5.41, 5.74) is 7.91. The number of nitrogens with one attached hydrogen (secondary N) is 2. The number of nitrogens with zero attached hydrogens (tertiary/aromatic N) is 5. The molecule has 24 nitrogen and oxygen atoms in total. The van der Waals surface area contributed by atoms with E-state index in [1.165, 1.54) is 29.4 Å². The molecule has 8 atom stereocenters. The van der Waals surface area contributed by atoms with Crippen molar-refractivity contribution < 1.29 is 81.3 Å². The van der Waals surface area contributed by atoms with Crippen LogP contribution in [0, 0.1) is 27.7 Å². The van der Waals surface area contributed by atoms with Crippen LogP contribution in [-0.2, 0) is 65.8 Å². The number of ether oxygens (including phenoxy) is 9. The number of fused-ring (bicyclic) bond motifs is 5. The number of carboxylic acids is 1. The van der Waals surface area contributed by atoms with Gasteiger partial charge in [-0.3, -0.25) is 19.3 Å². The largest absolute Gasteiger partial charge is 0.480 e. The van der Waals surface area contributed by atoms with Crippen molar-refractivity contribution in [1.82, 2.24) is 14.4 Å². The molecule has 0 saturated carbocycles. The number of amides is 5. The molecule has 2 aromatic heterocycles. The second-order valence-corrected chi connectivity index (χ2v) is 25.2. The van der Waals surface area contributed by atoms with Crippen LogP contribution in [0.5, 0.6) is 0 Å². The predicted octanol–water partition coefficient (Wildman–Crippen LogP) is 10.3. The van der Waals surface area contributed by atoms with Crippen LogP contribution in [-0.4, -0.2) is 170 Å². The second-order valence-electron chi connectivity index (χ2n) is 24.1. The van der Waals surface area contributed by atoms with Crippen LogP contribution >= 0.6 is 11.3 Å². The van der Waals surface area contributed by atoms with E-state index in [2.05, 4.69) is 41.7 Å². The highest BCUT2D eigenvalue weighted by atomic mass is 32.1. The summed E-state index contributed by atoms with van der Waals surface area (Å²) in [4.78, 5) is 98.4. The molecule has 498 valence electrons. The number of esters is 1. The molecule has 0 bridgehead atoms. The number of aryl methyl sites for hydroxylation is 5. The highest BCUT2D eigenvalue weighted by Gasteiger charge is 2.49. The number of hydrogen-bond donors (Lipinski definition) is 3. The molecule has 0 aliphatic carbocycles. The van der Waals surface area contributed by atoms with Gasteiger partial charge in [0.1, 0.15) is 37.0 Å². The Morgan fingerprint density at radius 2 is 1.30 bits per heavy atom. The molecule has 0 spiro atoms. The second kappa shape index (κ2) is 30.8. The molecule has 0 radical (unpaired) electrons. The van der Waals surface area contributed by atoms with Crippen LogP contribution in [0.4, 0.5) is 32.3 Å². The van der Waals surface area contributed by atoms with Crippen molar-refractivity contribution >= 4 is 86.0 Å². The van der Waals surface area contributed by atoms with E-state index in [-0.39, 0.29) is 49.7 Å². The van der Waals surface area contributed by atoms with Gasteiger partial charge >= 0.3 is 24.1 Å². The molecule has 5 aromatic rings. The van der Waals surface area contributed by atoms with Gasteiger partial charge in [-0.2, -0.15) is 0 Å². The zero-order valence-electron chi connectivity index (χ0n) is 53.5. The van der Waals surface area contributed by atoms with Gasteiger partial charge in [0.05, 0.1) is 54.0 Å². The lowest BCUT2D eigenvalue weighted by Crippen LogP contribution is -2.59. The van der Waals surface area contributed by atoms with Crippen molar-refractivity contribution in [2.75, 3.05) is 80.3 Å². The van der Waals surface area contributed by atoms with Gasteiger partial charge in [0.2, 0.25) is 5.91 Å². The summed E-state index contributed by atoms with van der Waals surface area (Å²) in [5, 5.41) is 15.7. The normalized spacial score (nSPS) is 22.9. The van der Waals surface area contributed by atoms with Gasteiger partial charge in [0, 0.05) is 56.5 Å². The highest BCUT2D eigenvalue weighted by Crippen LogP contribution is 2.41. The number of carboxylic acid groups (broad SMARTS) is 1. The number of rotatable bonds is 18. The van der Waals surface area contributed by atoms with Gasteiger partial charge in [-0.05, 0) is 174 Å². The van der Waals surface area contributed by atoms with Crippen LogP contribution in [0.3, 0.4) is 0 Å². The van der Waals surface area contributed by atoms with Gasteiger partial charge in [0.15, 0.2) is 25.0 Å². The lowest BCUT2D eigenvalue weighted by molar-refractivity contribution is -0.204. The number of hydrogen-bond acceptors (Lipinski definition) is 18. The van der Waals surface area contributed by atoms with E-state index in [1.807, 2.05) is 39.0 Å². The standard InChI is InChI=1S/C42H49N5O9S.C26H34N2O8/c1-6-14-54-42(51)47-32-17-26(3)25(2)16-28(32)22-46-13-12-31(21-34(46)40(47)56-38-9-7-8-15-53-38)55-24-37(48)43-30-20-33(45(4)23-30)39(49)44-29-10-11-35-27(18-29)19-36(57-35)41(50)52-5;1-4-10-34-26(32)28-20-13-17(3)16(2)12-19(20)24(31)27-9-8-18(35-15-22(29)30)14-21(27)25(28)36-23-7-5-6-11-33-23/h6,10-11,16-20,23,31,34,38,40H,1,7-9,12-15,21-22,24H2,2-5H3,(H,43,48)(H,44,49);4,12-13,18,21,23,25H,1,5-11,14-15H2,2-3H3,(H,29,30)/t31-,34+,38?,40?;18-,21+,23?,25?/m11/s1. The first-order valence-corrected chi connectivity index (χ1v) is 32.4. The number of carbonyl (C=O) groups excluding carboxylic acids is 6. The first-order valence-electron chi connectivity index (χ1n) is 31.6. The van der Waals surface area contributed by atoms with Gasteiger partial charge in [-0.1, -0.05) is 31.4 Å². The number of aromatic nitrogens is 1. The Morgan fingerprint density at radius 1 is 0.699 bits per heavy atom. The summed E-state index contributed by atoms with van der Waals surface area (Å²) < 4.78 is 55.4. The highest BCUT2D eigenvalue weighted by molar-refractivity contribution is 7.20. The van der Waals surface area contributed by atoms with E-state index < -0.39 is 67.9 Å². The van der Waals surface area contributed by atoms with Crippen molar-refractivity contribution in [3.05, 3.63) is 130 Å². The molecule has 4 fully saturated rings. The van der Waals surface area contributed by atoms with E-state index in [1.54, 1.807) is 64.0 Å². The molecule has 4 unspecified atom stereocenters. The van der Waals surface area contributed by atoms with Crippen molar-refractivity contribution in [2.45, 2.75) is 148 Å². The van der Waals surface area contributed by atoms with Gasteiger partial charge in [0.25, 0.3) is 11.8 Å². The molecule has 5 amide bonds. The topological polar surface area (TPSA) is 265 Å². The van der Waals surface area contributed by atoms with Gasteiger partial charge in [-0.15, -0.1) is 11.3 Å². The zero-order valence-corrected chi connectivity index (χ0v) is 54.3. The predicted molar refractivity (Wildman–Crippen MR) is 347 cm³/mol. The molecule has 3 N–H and O–H groups in total. The van der Waals surface area contributed by atoms with E-state index in [9.17, 15) is 33.6 Å². The summed E-state index contributed by atoms with van der Waals surface area (Å²) in [5.74, 6) is -2.42. The molecule has 93 heavy (non-hydrogen) atoms. The minimum absolute atomic E-state index is 0.00513. The van der Waals surface area contributed by atoms with E-state index in [4.69, 9.17) is 47.7 Å². The third-order valence-corrected chi connectivity index (χ3v) is 18.7. The third kappa shape index (κ3) is 16.1. The number of thiophene rings is 1. The molecule has 4 saturated heterocycles. The molecule has 11 rings (SSSR count). The monoisotopic (exact) mass is 1300 g/mol. The Morgan fingerprint density at radius 3 is 1.94 bits per heavy atom.